The Bertz CT molecular complexity index is 159. The van der Waals surface area contributed by atoms with Crippen LogP contribution in [-0.4, -0.2) is 27.7 Å². The van der Waals surface area contributed by atoms with Gasteiger partial charge in [-0.25, -0.2) is 0 Å². The summed E-state index contributed by atoms with van der Waals surface area (Å²) >= 11 is 6.18. The van der Waals surface area contributed by atoms with Gasteiger partial charge >= 0.3 is 0 Å². The summed E-state index contributed by atoms with van der Waals surface area (Å²) in [7, 11) is 0. The standard InChI is InChI=1S/C6H11NO2S2/c1-3-9-6(10)11-4-5(2)7-8/h8H,3-4H2,1-2H3/b7-5+. The van der Waals surface area contributed by atoms with Crippen molar-refractivity contribution in [2.24, 2.45) is 5.16 Å². The van der Waals surface area contributed by atoms with Crippen LogP contribution in [0.5, 0.6) is 0 Å². The van der Waals surface area contributed by atoms with Crippen molar-refractivity contribution in [3.63, 3.8) is 0 Å². The Morgan fingerprint density at radius 1 is 1.73 bits per heavy atom. The Kier molecular flexibility index (Phi) is 6.25. The summed E-state index contributed by atoms with van der Waals surface area (Å²) in [6.07, 6.45) is 0. The van der Waals surface area contributed by atoms with Gasteiger partial charge in [0.1, 0.15) is 0 Å². The average Bonchev–Trinajstić information content (AvgIpc) is 2.01. The Labute approximate surface area is 75.8 Å². The van der Waals surface area contributed by atoms with Gasteiger partial charge in [0.05, 0.1) is 12.3 Å². The monoisotopic (exact) mass is 193 g/mol. The molecule has 0 heterocycles. The lowest BCUT2D eigenvalue weighted by molar-refractivity contribution is 0.318. The first-order valence-electron chi connectivity index (χ1n) is 3.17. The maximum Gasteiger partial charge on any atom is 0.220 e. The molecule has 0 rings (SSSR count). The van der Waals surface area contributed by atoms with E-state index in [0.29, 0.717) is 22.5 Å². The maximum absolute atomic E-state index is 8.27. The van der Waals surface area contributed by atoms with Crippen molar-refractivity contribution < 1.29 is 9.94 Å². The fraction of sp³-hybridized carbons (Fsp3) is 0.667. The molecule has 0 aliphatic carbocycles. The van der Waals surface area contributed by atoms with E-state index in [1.54, 1.807) is 6.92 Å². The third-order valence-corrected chi connectivity index (χ3v) is 2.22. The minimum Gasteiger partial charge on any atom is -0.479 e. The van der Waals surface area contributed by atoms with E-state index < -0.39 is 0 Å². The molecule has 0 aromatic rings. The van der Waals surface area contributed by atoms with E-state index in [1.165, 1.54) is 11.8 Å². The summed E-state index contributed by atoms with van der Waals surface area (Å²) in [4.78, 5) is 0. The minimum absolute atomic E-state index is 0.496. The number of oxime groups is 1. The van der Waals surface area contributed by atoms with Crippen molar-refractivity contribution >= 4 is 34.1 Å². The summed E-state index contributed by atoms with van der Waals surface area (Å²) in [6, 6.07) is 0. The molecule has 0 aromatic carbocycles. The van der Waals surface area contributed by atoms with Crippen molar-refractivity contribution in [2.75, 3.05) is 12.4 Å². The molecule has 0 atom stereocenters. The highest BCUT2D eigenvalue weighted by Crippen LogP contribution is 2.05. The molecule has 5 heteroatoms. The lowest BCUT2D eigenvalue weighted by atomic mass is 10.5. The van der Waals surface area contributed by atoms with Gasteiger partial charge in [0.2, 0.25) is 4.38 Å². The molecule has 0 aliphatic rings. The highest BCUT2D eigenvalue weighted by atomic mass is 32.2. The normalized spacial score (nSPS) is 11.3. The topological polar surface area (TPSA) is 41.8 Å². The zero-order valence-corrected chi connectivity index (χ0v) is 8.17. The molecule has 0 saturated carbocycles. The smallest absolute Gasteiger partial charge is 0.220 e. The molecular weight excluding hydrogens is 182 g/mol. The molecule has 0 aliphatic heterocycles. The van der Waals surface area contributed by atoms with Crippen LogP contribution in [0.15, 0.2) is 5.16 Å². The molecule has 0 radical (unpaired) electrons. The number of hydrogen-bond donors (Lipinski definition) is 1. The first-order chi connectivity index (χ1) is 5.20. The van der Waals surface area contributed by atoms with Gasteiger partial charge in [-0.15, -0.1) is 0 Å². The summed E-state index contributed by atoms with van der Waals surface area (Å²) < 4.78 is 5.49. The quantitative estimate of drug-likeness (QED) is 0.322. The van der Waals surface area contributed by atoms with E-state index >= 15 is 0 Å². The second kappa shape index (κ2) is 6.42. The SMILES string of the molecule is CCOC(=S)SC/C(C)=N/O. The molecule has 0 aromatic heterocycles. The van der Waals surface area contributed by atoms with Gasteiger partial charge in [0, 0.05) is 5.75 Å². The van der Waals surface area contributed by atoms with E-state index in [1.807, 2.05) is 6.92 Å². The van der Waals surface area contributed by atoms with Crippen LogP contribution in [0.3, 0.4) is 0 Å². The fourth-order valence-electron chi connectivity index (χ4n) is 0.352. The summed E-state index contributed by atoms with van der Waals surface area (Å²) in [5, 5.41) is 11.3. The van der Waals surface area contributed by atoms with Gasteiger partial charge in [0.25, 0.3) is 0 Å². The van der Waals surface area contributed by atoms with Gasteiger partial charge < -0.3 is 9.94 Å². The molecule has 0 saturated heterocycles. The van der Waals surface area contributed by atoms with Crippen LogP contribution in [-0.2, 0) is 4.74 Å². The van der Waals surface area contributed by atoms with Crippen LogP contribution in [0, 0.1) is 0 Å². The number of thioether (sulfide) groups is 1. The third-order valence-electron chi connectivity index (χ3n) is 0.832. The largest absolute Gasteiger partial charge is 0.479 e. The average molecular weight is 193 g/mol. The molecule has 0 fully saturated rings. The molecule has 0 amide bonds. The number of rotatable bonds is 3. The van der Waals surface area contributed by atoms with Gasteiger partial charge in [-0.1, -0.05) is 16.9 Å². The molecule has 3 nitrogen and oxygen atoms in total. The highest BCUT2D eigenvalue weighted by molar-refractivity contribution is 8.23. The zero-order chi connectivity index (χ0) is 8.69. The van der Waals surface area contributed by atoms with Crippen LogP contribution in [0.4, 0.5) is 0 Å². The lowest BCUT2D eigenvalue weighted by Gasteiger charge is -2.02. The molecule has 64 valence electrons. The fourth-order valence-corrected chi connectivity index (χ4v) is 1.23. The van der Waals surface area contributed by atoms with Gasteiger partial charge in [0.15, 0.2) is 0 Å². The Morgan fingerprint density at radius 2 is 2.36 bits per heavy atom. The van der Waals surface area contributed by atoms with E-state index in [9.17, 15) is 0 Å². The predicted molar refractivity (Wildman–Crippen MR) is 51.6 cm³/mol. The first-order valence-corrected chi connectivity index (χ1v) is 4.57. The minimum atomic E-state index is 0.496. The second-order valence-electron chi connectivity index (χ2n) is 1.81. The van der Waals surface area contributed by atoms with Crippen LogP contribution in [0.2, 0.25) is 0 Å². The molecule has 11 heavy (non-hydrogen) atoms. The van der Waals surface area contributed by atoms with Crippen molar-refractivity contribution in [3.05, 3.63) is 0 Å². The highest BCUT2D eigenvalue weighted by Gasteiger charge is 1.98. The van der Waals surface area contributed by atoms with Crippen LogP contribution in [0.25, 0.3) is 0 Å². The summed E-state index contributed by atoms with van der Waals surface area (Å²) in [5.74, 6) is 0.579. The Morgan fingerprint density at radius 3 is 2.82 bits per heavy atom. The Balaban J connectivity index is 3.46. The zero-order valence-electron chi connectivity index (χ0n) is 6.53. The number of nitrogens with zero attached hydrogens (tertiary/aromatic N) is 1. The summed E-state index contributed by atoms with van der Waals surface area (Å²) in [5.41, 5.74) is 0.636. The number of thiocarbonyl (C=S) groups is 1. The van der Waals surface area contributed by atoms with E-state index in [0.717, 1.165) is 0 Å². The van der Waals surface area contributed by atoms with Crippen molar-refractivity contribution in [1.82, 2.24) is 0 Å². The van der Waals surface area contributed by atoms with Crippen LogP contribution < -0.4 is 0 Å². The van der Waals surface area contributed by atoms with Crippen LogP contribution >= 0.6 is 24.0 Å². The van der Waals surface area contributed by atoms with Crippen LogP contribution in [0.1, 0.15) is 13.8 Å². The maximum atomic E-state index is 8.27. The van der Waals surface area contributed by atoms with Gasteiger partial charge in [-0.2, -0.15) is 0 Å². The molecular formula is C6H11NO2S2. The molecule has 1 N–H and O–H groups in total. The van der Waals surface area contributed by atoms with Gasteiger partial charge in [-0.05, 0) is 26.1 Å². The van der Waals surface area contributed by atoms with E-state index in [-0.39, 0.29) is 0 Å². The molecule has 0 spiro atoms. The molecule has 0 bridgehead atoms. The van der Waals surface area contributed by atoms with E-state index in [2.05, 4.69) is 5.16 Å². The first kappa shape index (κ1) is 10.7. The summed E-state index contributed by atoms with van der Waals surface area (Å²) in [6.45, 7) is 4.18. The van der Waals surface area contributed by atoms with Crippen molar-refractivity contribution in [1.29, 1.82) is 0 Å². The number of hydrogen-bond acceptors (Lipinski definition) is 5. The predicted octanol–water partition coefficient (Wildman–Crippen LogP) is 1.89. The third kappa shape index (κ3) is 6.12. The van der Waals surface area contributed by atoms with Crippen molar-refractivity contribution in [2.45, 2.75) is 13.8 Å². The van der Waals surface area contributed by atoms with Crippen molar-refractivity contribution in [3.8, 4) is 0 Å². The second-order valence-corrected chi connectivity index (χ2v) is 3.38. The van der Waals surface area contributed by atoms with E-state index in [4.69, 9.17) is 22.2 Å². The Hall–Kier alpha value is -0.290. The van der Waals surface area contributed by atoms with Gasteiger partial charge in [-0.3, -0.25) is 0 Å². The number of ether oxygens (including phenoxy) is 1. The molecule has 0 unspecified atom stereocenters. The lowest BCUT2D eigenvalue weighted by Crippen LogP contribution is -2.02.